The van der Waals surface area contributed by atoms with Crippen molar-refractivity contribution in [2.75, 3.05) is 45.2 Å². The van der Waals surface area contributed by atoms with Gasteiger partial charge in [-0.25, -0.2) is 13.2 Å². The first kappa shape index (κ1) is 26.7. The number of anilines is 1. The van der Waals surface area contributed by atoms with Gasteiger partial charge in [0, 0.05) is 43.7 Å². The first-order chi connectivity index (χ1) is 17.2. The molecule has 1 fully saturated rings. The van der Waals surface area contributed by atoms with Crippen LogP contribution in [-0.4, -0.2) is 75.5 Å². The average molecular weight is 536 g/mol. The molecule has 9 nitrogen and oxygen atoms in total. The van der Waals surface area contributed by atoms with E-state index in [9.17, 15) is 18.0 Å². The van der Waals surface area contributed by atoms with Crippen molar-refractivity contribution in [3.63, 3.8) is 0 Å². The number of rotatable bonds is 9. The van der Waals surface area contributed by atoms with Gasteiger partial charge in [-0.15, -0.1) is 11.3 Å². The maximum absolute atomic E-state index is 13.1. The van der Waals surface area contributed by atoms with Crippen LogP contribution >= 0.6 is 11.3 Å². The molecular weight excluding hydrogens is 502 g/mol. The molecule has 0 aliphatic carbocycles. The third-order valence-corrected chi connectivity index (χ3v) is 9.57. The summed E-state index contributed by atoms with van der Waals surface area (Å²) in [7, 11) is -2.17. The fourth-order valence-corrected chi connectivity index (χ4v) is 7.02. The summed E-state index contributed by atoms with van der Waals surface area (Å²) in [5, 5.41) is 3.34. The van der Waals surface area contributed by atoms with Crippen LogP contribution in [0.2, 0.25) is 0 Å². The standard InChI is InChI=1S/C25H33N3O6S2/c1-4-28-13-12-20-21(16-28)35-24(22(20)25(30)33-5-2)26-23(29)17-8-10-19(11-9-17)36(31,32)27(3)15-18-7-6-14-34-18/h8-11,18H,4-7,12-16H2,1-3H3,(H,26,29). The second-order valence-corrected chi connectivity index (χ2v) is 12.1. The van der Waals surface area contributed by atoms with Crippen LogP contribution in [0.4, 0.5) is 5.00 Å². The van der Waals surface area contributed by atoms with Crippen LogP contribution in [0.25, 0.3) is 0 Å². The molecule has 3 heterocycles. The smallest absolute Gasteiger partial charge is 0.341 e. The van der Waals surface area contributed by atoms with Crippen LogP contribution in [0.1, 0.15) is 57.8 Å². The number of thiophene rings is 1. The fraction of sp³-hybridized carbons (Fsp3) is 0.520. The van der Waals surface area contributed by atoms with Crippen molar-refractivity contribution in [2.24, 2.45) is 0 Å². The maximum Gasteiger partial charge on any atom is 0.341 e. The molecule has 0 spiro atoms. The van der Waals surface area contributed by atoms with Gasteiger partial charge >= 0.3 is 5.97 Å². The zero-order valence-electron chi connectivity index (χ0n) is 20.9. The highest BCUT2D eigenvalue weighted by atomic mass is 32.2. The first-order valence-corrected chi connectivity index (χ1v) is 14.5. The molecule has 1 amide bonds. The van der Waals surface area contributed by atoms with Crippen LogP contribution in [0.3, 0.4) is 0 Å². The van der Waals surface area contributed by atoms with E-state index in [-0.39, 0.29) is 17.6 Å². The number of esters is 1. The second kappa shape index (κ2) is 11.4. The number of benzene rings is 1. The fourth-order valence-electron chi connectivity index (χ4n) is 4.54. The predicted octanol–water partition coefficient (Wildman–Crippen LogP) is 3.35. The Morgan fingerprint density at radius 3 is 2.64 bits per heavy atom. The minimum atomic E-state index is -3.70. The SMILES string of the molecule is CCOC(=O)c1c(NC(=O)c2ccc(S(=O)(=O)N(C)CC3CCCO3)cc2)sc2c1CCN(CC)C2. The van der Waals surface area contributed by atoms with Crippen LogP contribution in [0.15, 0.2) is 29.2 Å². The molecule has 196 valence electrons. The van der Waals surface area contributed by atoms with E-state index in [0.29, 0.717) is 29.3 Å². The molecule has 1 aromatic carbocycles. The van der Waals surface area contributed by atoms with Gasteiger partial charge in [-0.2, -0.15) is 4.31 Å². The van der Waals surface area contributed by atoms with Gasteiger partial charge in [0.2, 0.25) is 10.0 Å². The number of nitrogens with zero attached hydrogens (tertiary/aromatic N) is 2. The summed E-state index contributed by atoms with van der Waals surface area (Å²) in [6, 6.07) is 5.83. The topological polar surface area (TPSA) is 105 Å². The lowest BCUT2D eigenvalue weighted by Crippen LogP contribution is -2.34. The summed E-state index contributed by atoms with van der Waals surface area (Å²) in [5.74, 6) is -0.853. The minimum absolute atomic E-state index is 0.0931. The van der Waals surface area contributed by atoms with Gasteiger partial charge in [-0.3, -0.25) is 9.69 Å². The number of amides is 1. The molecule has 4 rings (SSSR count). The number of carbonyl (C=O) groups excluding carboxylic acids is 2. The highest BCUT2D eigenvalue weighted by Gasteiger charge is 2.30. The summed E-state index contributed by atoms with van der Waals surface area (Å²) in [6.45, 7) is 7.52. The zero-order valence-corrected chi connectivity index (χ0v) is 22.5. The number of hydrogen-bond acceptors (Lipinski definition) is 8. The van der Waals surface area contributed by atoms with Crippen molar-refractivity contribution in [1.82, 2.24) is 9.21 Å². The second-order valence-electron chi connectivity index (χ2n) is 8.95. The Labute approximate surface area is 216 Å². The van der Waals surface area contributed by atoms with Crippen LogP contribution in [0, 0.1) is 0 Å². The quantitative estimate of drug-likeness (QED) is 0.491. The average Bonchev–Trinajstić information content (AvgIpc) is 3.50. The summed E-state index contributed by atoms with van der Waals surface area (Å²) in [5.41, 5.74) is 1.66. The van der Waals surface area contributed by atoms with Crippen LogP contribution in [0.5, 0.6) is 0 Å². The Kier molecular flexibility index (Phi) is 8.46. The van der Waals surface area contributed by atoms with Gasteiger partial charge in [0.15, 0.2) is 0 Å². The third kappa shape index (κ3) is 5.65. The van der Waals surface area contributed by atoms with Gasteiger partial charge < -0.3 is 14.8 Å². The lowest BCUT2D eigenvalue weighted by molar-refractivity contribution is 0.0526. The van der Waals surface area contributed by atoms with Crippen molar-refractivity contribution in [3.05, 3.63) is 45.8 Å². The van der Waals surface area contributed by atoms with Crippen LogP contribution < -0.4 is 5.32 Å². The molecule has 2 aliphatic rings. The normalized spacial score (nSPS) is 18.3. The molecule has 11 heteroatoms. The Bertz CT molecular complexity index is 1200. The lowest BCUT2D eigenvalue weighted by atomic mass is 10.0. The molecule has 36 heavy (non-hydrogen) atoms. The van der Waals surface area contributed by atoms with Gasteiger partial charge in [-0.1, -0.05) is 6.92 Å². The van der Waals surface area contributed by atoms with E-state index in [0.717, 1.165) is 49.3 Å². The molecule has 1 atom stereocenters. The molecule has 1 saturated heterocycles. The molecule has 0 bridgehead atoms. The third-order valence-electron chi connectivity index (χ3n) is 6.60. The van der Waals surface area contributed by atoms with Crippen molar-refractivity contribution in [2.45, 2.75) is 50.7 Å². The number of sulfonamides is 1. The van der Waals surface area contributed by atoms with Crippen molar-refractivity contribution in [3.8, 4) is 0 Å². The molecule has 2 aliphatic heterocycles. The van der Waals surface area contributed by atoms with E-state index < -0.39 is 21.9 Å². The minimum Gasteiger partial charge on any atom is -0.462 e. The molecule has 0 saturated carbocycles. The number of nitrogens with one attached hydrogen (secondary N) is 1. The summed E-state index contributed by atoms with van der Waals surface area (Å²) < 4.78 is 38.0. The van der Waals surface area contributed by atoms with Gasteiger partial charge in [0.05, 0.1) is 23.2 Å². The van der Waals surface area contributed by atoms with E-state index in [2.05, 4.69) is 17.1 Å². The zero-order chi connectivity index (χ0) is 25.9. The number of hydrogen-bond donors (Lipinski definition) is 1. The molecule has 1 N–H and O–H groups in total. The van der Waals surface area contributed by atoms with Gasteiger partial charge in [0.25, 0.3) is 5.91 Å². The van der Waals surface area contributed by atoms with E-state index in [1.807, 2.05) is 0 Å². The summed E-state index contributed by atoms with van der Waals surface area (Å²) in [4.78, 5) is 29.3. The highest BCUT2D eigenvalue weighted by Crippen LogP contribution is 2.38. The van der Waals surface area contributed by atoms with E-state index in [1.54, 1.807) is 6.92 Å². The molecule has 1 aromatic heterocycles. The number of carbonyl (C=O) groups is 2. The summed E-state index contributed by atoms with van der Waals surface area (Å²) >= 11 is 1.40. The summed E-state index contributed by atoms with van der Waals surface area (Å²) in [6.07, 6.45) is 2.40. The van der Waals surface area contributed by atoms with E-state index in [4.69, 9.17) is 9.47 Å². The molecule has 0 radical (unpaired) electrons. The Morgan fingerprint density at radius 2 is 2.00 bits per heavy atom. The molecular formula is C25H33N3O6S2. The Hall–Kier alpha value is -2.31. The highest BCUT2D eigenvalue weighted by molar-refractivity contribution is 7.89. The Morgan fingerprint density at radius 1 is 1.25 bits per heavy atom. The monoisotopic (exact) mass is 535 g/mol. The maximum atomic E-state index is 13.1. The van der Waals surface area contributed by atoms with E-state index in [1.165, 1.54) is 47.0 Å². The van der Waals surface area contributed by atoms with E-state index >= 15 is 0 Å². The van der Waals surface area contributed by atoms with Gasteiger partial charge in [-0.05, 0) is 62.6 Å². The Balaban J connectivity index is 1.51. The number of ether oxygens (including phenoxy) is 2. The largest absolute Gasteiger partial charge is 0.462 e. The van der Waals surface area contributed by atoms with Gasteiger partial charge in [0.1, 0.15) is 5.00 Å². The predicted molar refractivity (Wildman–Crippen MR) is 138 cm³/mol. The van der Waals surface area contributed by atoms with Crippen molar-refractivity contribution in [1.29, 1.82) is 0 Å². The van der Waals surface area contributed by atoms with Crippen molar-refractivity contribution >= 4 is 38.2 Å². The van der Waals surface area contributed by atoms with Crippen LogP contribution in [-0.2, 0) is 32.5 Å². The number of likely N-dealkylation sites (N-methyl/N-ethyl adjacent to an activating group) is 2. The van der Waals surface area contributed by atoms with Crippen molar-refractivity contribution < 1.29 is 27.5 Å². The number of fused-ring (bicyclic) bond motifs is 1. The molecule has 1 unspecified atom stereocenters. The first-order valence-electron chi connectivity index (χ1n) is 12.3. The molecule has 2 aromatic rings. The lowest BCUT2D eigenvalue weighted by Gasteiger charge is -2.25.